The van der Waals surface area contributed by atoms with Gasteiger partial charge in [-0.15, -0.1) is 0 Å². The molecule has 0 unspecified atom stereocenters. The summed E-state index contributed by atoms with van der Waals surface area (Å²) in [5.41, 5.74) is 0. The molecule has 16 heavy (non-hydrogen) atoms. The van der Waals surface area contributed by atoms with E-state index in [2.05, 4.69) is 20.3 Å². The van der Waals surface area contributed by atoms with Crippen molar-refractivity contribution < 1.29 is 0 Å². The van der Waals surface area contributed by atoms with Gasteiger partial charge in [0.15, 0.2) is 0 Å². The van der Waals surface area contributed by atoms with Gasteiger partial charge in [0, 0.05) is 0 Å². The summed E-state index contributed by atoms with van der Waals surface area (Å²) >= 11 is 0. The van der Waals surface area contributed by atoms with Crippen molar-refractivity contribution in [3.63, 3.8) is 0 Å². The van der Waals surface area contributed by atoms with Gasteiger partial charge in [-0.3, -0.25) is 0 Å². The fraction of sp³-hybridized carbons (Fsp3) is 0.933. The van der Waals surface area contributed by atoms with E-state index in [4.69, 9.17) is 0 Å². The van der Waals surface area contributed by atoms with E-state index >= 15 is 0 Å². The molecule has 0 heterocycles. The molecule has 0 aromatic rings. The van der Waals surface area contributed by atoms with Gasteiger partial charge in [0.2, 0.25) is 0 Å². The molecule has 0 saturated carbocycles. The van der Waals surface area contributed by atoms with Gasteiger partial charge in [-0.2, -0.15) is 0 Å². The van der Waals surface area contributed by atoms with Crippen LogP contribution in [0, 0.1) is 6.42 Å². The topological polar surface area (TPSA) is 0 Å². The van der Waals surface area contributed by atoms with Crippen LogP contribution in [0.25, 0.3) is 0 Å². The molecule has 0 rings (SSSR count). The zero-order chi connectivity index (χ0) is 11.2. The second kappa shape index (κ2) is 18.4. The Balaban J connectivity index is 0. The number of hydrogen-bond acceptors (Lipinski definition) is 0. The van der Waals surface area contributed by atoms with Gasteiger partial charge in [-0.05, 0) is 6.42 Å². The molecule has 0 atom stereocenters. The van der Waals surface area contributed by atoms with Gasteiger partial charge in [0.1, 0.15) is 0 Å². The first kappa shape index (κ1) is 19.3. The third-order valence-electron chi connectivity index (χ3n) is 3.02. The summed E-state index contributed by atoms with van der Waals surface area (Å²) in [5, 5.41) is 0. The third-order valence-corrected chi connectivity index (χ3v) is 3.02. The van der Waals surface area contributed by atoms with Crippen molar-refractivity contribution in [3.8, 4) is 0 Å². The Labute approximate surface area is 126 Å². The first-order valence-corrected chi connectivity index (χ1v) is 7.23. The number of hydrogen-bond donors (Lipinski definition) is 0. The van der Waals surface area contributed by atoms with Gasteiger partial charge >= 0.3 is 29.6 Å². The molecule has 0 aliphatic rings. The maximum absolute atomic E-state index is 2.51. The van der Waals surface area contributed by atoms with E-state index in [0.717, 1.165) is 0 Å². The Kier molecular flexibility index (Phi) is 22.2. The fourth-order valence-electron chi connectivity index (χ4n) is 1.93. The first-order chi connectivity index (χ1) is 7.41. The van der Waals surface area contributed by atoms with Crippen LogP contribution in [-0.4, -0.2) is 29.6 Å². The van der Waals surface area contributed by atoms with Crippen molar-refractivity contribution in [3.05, 3.63) is 6.42 Å². The molecular weight excluding hydrogens is 203 g/mol. The van der Waals surface area contributed by atoms with Gasteiger partial charge in [0.05, 0.1) is 0 Å². The van der Waals surface area contributed by atoms with Crippen molar-refractivity contribution in [1.82, 2.24) is 0 Å². The van der Waals surface area contributed by atoms with Crippen LogP contribution in [0.15, 0.2) is 0 Å². The summed E-state index contributed by atoms with van der Waals surface area (Å²) in [6, 6.07) is 0. The zero-order valence-corrected chi connectivity index (χ0v) is 11.1. The minimum atomic E-state index is 0. The van der Waals surface area contributed by atoms with Crippen LogP contribution in [-0.2, 0) is 0 Å². The normalized spacial score (nSPS) is 10.1. The van der Waals surface area contributed by atoms with Crippen LogP contribution in [0.4, 0.5) is 0 Å². The second-order valence-electron chi connectivity index (χ2n) is 4.69. The van der Waals surface area contributed by atoms with Crippen LogP contribution >= 0.6 is 0 Å². The summed E-state index contributed by atoms with van der Waals surface area (Å²) in [7, 11) is 0. The van der Waals surface area contributed by atoms with E-state index in [0.29, 0.717) is 0 Å². The molecule has 0 saturated heterocycles. The average Bonchev–Trinajstić information content (AvgIpc) is 2.26. The summed E-state index contributed by atoms with van der Waals surface area (Å²) in [5.74, 6) is 0. The predicted octanol–water partition coefficient (Wildman–Crippen LogP) is 5.26. The van der Waals surface area contributed by atoms with Gasteiger partial charge in [-0.25, -0.2) is 0 Å². The van der Waals surface area contributed by atoms with E-state index in [9.17, 15) is 0 Å². The van der Waals surface area contributed by atoms with Crippen LogP contribution in [0.3, 0.4) is 0 Å². The SMILES string of the molecule is CCCCCC[CH]CCCCCCCC.[NaH]. The van der Waals surface area contributed by atoms with Crippen molar-refractivity contribution in [2.75, 3.05) is 0 Å². The molecule has 0 amide bonds. The van der Waals surface area contributed by atoms with Gasteiger partial charge in [0.25, 0.3) is 0 Å². The van der Waals surface area contributed by atoms with Gasteiger partial charge in [-0.1, -0.05) is 90.9 Å². The van der Waals surface area contributed by atoms with E-state index in [1.165, 1.54) is 77.0 Å². The Hall–Kier alpha value is 1.00. The van der Waals surface area contributed by atoms with Gasteiger partial charge < -0.3 is 0 Å². The standard InChI is InChI=1S/C15H31.Na.H/c1-3-5-7-9-11-13-15-14-12-10-8-6-4-2;;/h13H,3-12,14-15H2,1-2H3;;. The molecule has 0 bridgehead atoms. The molecule has 0 fully saturated rings. The van der Waals surface area contributed by atoms with E-state index < -0.39 is 0 Å². The number of unbranched alkanes of at least 4 members (excludes halogenated alkanes) is 12. The Morgan fingerprint density at radius 1 is 0.562 bits per heavy atom. The van der Waals surface area contributed by atoms with E-state index in [1.54, 1.807) is 0 Å². The Bertz CT molecular complexity index is 89.6. The summed E-state index contributed by atoms with van der Waals surface area (Å²) in [4.78, 5) is 0. The van der Waals surface area contributed by atoms with Crippen LogP contribution < -0.4 is 0 Å². The molecule has 93 valence electrons. The summed E-state index contributed by atoms with van der Waals surface area (Å²) in [6.07, 6.45) is 19.4. The average molecular weight is 235 g/mol. The molecule has 0 aromatic carbocycles. The number of rotatable bonds is 12. The molecule has 0 aliphatic heterocycles. The van der Waals surface area contributed by atoms with Crippen molar-refractivity contribution in [2.24, 2.45) is 0 Å². The molecule has 0 spiro atoms. The molecule has 1 radical (unpaired) electrons. The zero-order valence-electron chi connectivity index (χ0n) is 11.1. The van der Waals surface area contributed by atoms with Crippen LogP contribution in [0.2, 0.25) is 0 Å². The van der Waals surface area contributed by atoms with E-state index in [-0.39, 0.29) is 29.6 Å². The first-order valence-electron chi connectivity index (χ1n) is 7.23. The predicted molar refractivity (Wildman–Crippen MR) is 78.2 cm³/mol. The molecule has 1 heteroatoms. The molecule has 0 aliphatic carbocycles. The second-order valence-corrected chi connectivity index (χ2v) is 4.69. The monoisotopic (exact) mass is 235 g/mol. The molecule has 0 nitrogen and oxygen atoms in total. The minimum absolute atomic E-state index is 0. The quantitative estimate of drug-likeness (QED) is 0.319. The van der Waals surface area contributed by atoms with E-state index in [1.807, 2.05) is 0 Å². The summed E-state index contributed by atoms with van der Waals surface area (Å²) in [6.45, 7) is 4.56. The van der Waals surface area contributed by atoms with Crippen LogP contribution in [0.5, 0.6) is 0 Å². The Morgan fingerprint density at radius 2 is 0.938 bits per heavy atom. The van der Waals surface area contributed by atoms with Crippen molar-refractivity contribution >= 4 is 29.6 Å². The van der Waals surface area contributed by atoms with Crippen LogP contribution in [0.1, 0.15) is 90.9 Å². The third kappa shape index (κ3) is 17.4. The molecule has 0 N–H and O–H groups in total. The van der Waals surface area contributed by atoms with Crippen molar-refractivity contribution in [1.29, 1.82) is 0 Å². The summed E-state index contributed by atoms with van der Waals surface area (Å²) < 4.78 is 0. The fourth-order valence-corrected chi connectivity index (χ4v) is 1.93. The maximum atomic E-state index is 2.51. The van der Waals surface area contributed by atoms with Crippen molar-refractivity contribution in [2.45, 2.75) is 90.9 Å². The molecule has 0 aromatic heterocycles. The molecular formula is C15H32Na. The Morgan fingerprint density at radius 3 is 1.44 bits per heavy atom.